The zero-order valence-electron chi connectivity index (χ0n) is 57.5. The second-order valence-electron chi connectivity index (χ2n) is 28.2. The highest BCUT2D eigenvalue weighted by atomic mass is 16.8. The molecule has 50 heteroatoms. The van der Waals surface area contributed by atoms with Crippen molar-refractivity contribution in [3.05, 3.63) is 0 Å². The third kappa shape index (κ3) is 17.8. The van der Waals surface area contributed by atoms with Crippen molar-refractivity contribution < 1.29 is 248 Å². The zero-order valence-corrected chi connectivity index (χ0v) is 57.5. The van der Waals surface area contributed by atoms with Crippen molar-refractivity contribution in [2.75, 3.05) is 66.1 Å². The molecule has 640 valence electrons. The summed E-state index contributed by atoms with van der Waals surface area (Å²) < 4.78 is 116. The number of hydrogen-bond donors (Lipinski definition) is 30. The Labute approximate surface area is 619 Å². The first kappa shape index (κ1) is 88.8. The quantitative estimate of drug-likeness (QED) is 0.0768. The molecule has 32 rings (SSSR count). The third-order valence-electron chi connectivity index (χ3n) is 21.1. The summed E-state index contributed by atoms with van der Waals surface area (Å²) in [6.45, 7) is -11.2. The lowest BCUT2D eigenvalue weighted by Crippen LogP contribution is -2.69. The summed E-state index contributed by atoms with van der Waals surface area (Å²) in [4.78, 5) is 0. The fourth-order valence-corrected chi connectivity index (χ4v) is 14.7. The van der Waals surface area contributed by atoms with Crippen molar-refractivity contribution in [3.8, 4) is 0 Å². The van der Waals surface area contributed by atoms with Gasteiger partial charge in [0.25, 0.3) is 0 Å². The Balaban J connectivity index is 0.909. The molecule has 0 aliphatic carbocycles. The Morgan fingerprint density at radius 1 is 0.145 bits per heavy atom. The lowest BCUT2D eigenvalue weighted by atomic mass is 9.94. The van der Waals surface area contributed by atoms with Crippen LogP contribution in [-0.2, 0) is 94.7 Å². The third-order valence-corrected chi connectivity index (χ3v) is 21.1. The molecule has 32 aliphatic rings. The summed E-state index contributed by atoms with van der Waals surface area (Å²) in [6, 6.07) is 0. The monoisotopic (exact) mass is 1620 g/mol. The van der Waals surface area contributed by atoms with Gasteiger partial charge in [-0.2, -0.15) is 0 Å². The smallest absolute Gasteiger partial charge is 0.187 e. The van der Waals surface area contributed by atoms with Crippen molar-refractivity contribution in [3.63, 3.8) is 0 Å². The average molecular weight is 1620 g/mol. The molecule has 0 amide bonds. The first-order valence-corrected chi connectivity index (χ1v) is 35.2. The van der Waals surface area contributed by atoms with E-state index in [0.717, 1.165) is 0 Å². The number of hydrogen-bond acceptors (Lipinski definition) is 50. The topological polar surface area (TPSA) is 792 Å². The molecule has 32 heterocycles. The van der Waals surface area contributed by atoms with Gasteiger partial charge >= 0.3 is 0 Å². The second-order valence-corrected chi connectivity index (χ2v) is 28.2. The van der Waals surface area contributed by atoms with Gasteiger partial charge in [0, 0.05) is 0 Å². The van der Waals surface area contributed by atoms with Gasteiger partial charge in [-0.25, -0.2) is 0 Å². The van der Waals surface area contributed by atoms with Gasteiger partial charge in [-0.3, -0.25) is 0 Å². The molecular weight excluding hydrogens is 1520 g/mol. The zero-order chi connectivity index (χ0) is 80.1. The average Bonchev–Trinajstić information content (AvgIpc) is 0.768. The number of aliphatic hydroxyl groups excluding tert-OH is 30. The standard InChI is InChI=1S/C60H100O50/c61-1-11-21(69)23(71)33(81)51(93-11)91-9-19-49-32(80)42(90)60(102-19)110-50-20(10-92-52-34(82)24(72)22(70)12(2-62)94-52)101-59(41(89)31(50)79)108-48-18(8-68)99-57(39(87)29(48)77)106-46-16(6-66)97-55(37(85)27(46)75)104-44-14(4-64)95-53(35(83)25(44)73)103-43-13(3-63)96-54(36(84)26(43)74)105-45-15(5-65)98-56(38(86)28(45)76)107-47-17(7-67)100-58(109-49)40(88)30(47)78/h11-90H,1-10H2/t11-,12-,13-,14-,15-,16-,17-,18-,19-,20-,21+,22+,23+,24+,25-,26-,27-,28-,29-,30-,31-,32-,33-,34-,35-,36-,37-,38-,39-,40-,41-,42-,43-,44-,45-,46-,47-,48-,49-,50-,51?,52?,53-,54-,55-,56-,57-,58-,59-,60-/m1/s1. The van der Waals surface area contributed by atoms with Crippen LogP contribution in [0.3, 0.4) is 0 Å². The summed E-state index contributed by atoms with van der Waals surface area (Å²) in [5.41, 5.74) is 0. The number of rotatable bonds is 14. The predicted molar refractivity (Wildman–Crippen MR) is 326 cm³/mol. The first-order chi connectivity index (χ1) is 52.3. The highest BCUT2D eigenvalue weighted by Gasteiger charge is 2.62. The summed E-state index contributed by atoms with van der Waals surface area (Å²) in [6.07, 6.45) is -108. The molecule has 32 aliphatic heterocycles. The van der Waals surface area contributed by atoms with Crippen LogP contribution in [0.2, 0.25) is 0 Å². The molecule has 0 spiro atoms. The van der Waals surface area contributed by atoms with E-state index in [4.69, 9.17) is 94.7 Å². The van der Waals surface area contributed by atoms with Crippen molar-refractivity contribution >= 4 is 0 Å². The fraction of sp³-hybridized carbons (Fsp3) is 1.00. The van der Waals surface area contributed by atoms with Crippen LogP contribution >= 0.6 is 0 Å². The van der Waals surface area contributed by atoms with Crippen LogP contribution in [0.25, 0.3) is 0 Å². The minimum Gasteiger partial charge on any atom is -0.394 e. The van der Waals surface area contributed by atoms with E-state index in [1.165, 1.54) is 0 Å². The van der Waals surface area contributed by atoms with Gasteiger partial charge in [-0.1, -0.05) is 0 Å². The highest BCUT2D eigenvalue weighted by molar-refractivity contribution is 5.04. The minimum absolute atomic E-state index is 0.987. The number of aliphatic hydroxyl groups is 30. The van der Waals surface area contributed by atoms with Crippen LogP contribution in [0, 0.1) is 0 Å². The number of ether oxygens (including phenoxy) is 20. The van der Waals surface area contributed by atoms with E-state index in [1.54, 1.807) is 0 Å². The van der Waals surface area contributed by atoms with Crippen molar-refractivity contribution in [1.82, 2.24) is 0 Å². The molecule has 0 radical (unpaired) electrons. The SMILES string of the molecule is OC[C@H]1OC(OC[C@H]2O[C@@H]3O[C@H]4[C@H](O)[C@@H](O)[C@@H](O[C@H]5[C@H](O)[C@@H](O)[C@@H](O[C@H]6[C@H](O)[C@@H](O)[C@@H](O[C@H]7[C@H](O)[C@@H](O)[C@@H](O[C@H]8[C@H](O)[C@@H](O)[C@@H](O[C@H]9[C@H](O)[C@@H](O)[C@@H](O[C@H]%10[C@H](O)[C@@H](O)[C@@H](O[C@H]2[C@H](O)[C@H]3O)O[C@@H]%10CO)O[C@@H]9CO)O[C@@H]8CO)O[C@@H]7CO)O[C@@H]6CO)O[C@@H]5CO)O[C@@H]4COC2O[C@H](CO)[C@H](O)[C@H](O)[C@H]2O)[C@H](O)[C@@H](O)[C@H]1O. The van der Waals surface area contributed by atoms with E-state index in [0.29, 0.717) is 0 Å². The molecule has 32 fully saturated rings. The van der Waals surface area contributed by atoms with Gasteiger partial charge in [0.2, 0.25) is 0 Å². The van der Waals surface area contributed by atoms with Gasteiger partial charge in [-0.05, 0) is 0 Å². The van der Waals surface area contributed by atoms with Gasteiger partial charge in [0.05, 0.1) is 66.1 Å². The summed E-state index contributed by atoms with van der Waals surface area (Å²) in [7, 11) is 0. The Morgan fingerprint density at radius 3 is 0.464 bits per heavy atom. The minimum atomic E-state index is -2.52. The first-order valence-electron chi connectivity index (χ1n) is 35.2. The summed E-state index contributed by atoms with van der Waals surface area (Å²) >= 11 is 0. The van der Waals surface area contributed by atoms with Crippen molar-refractivity contribution in [1.29, 1.82) is 0 Å². The van der Waals surface area contributed by atoms with Crippen molar-refractivity contribution in [2.24, 2.45) is 0 Å². The van der Waals surface area contributed by atoms with E-state index >= 15 is 0 Å². The molecule has 16 bridgehead atoms. The summed E-state index contributed by atoms with van der Waals surface area (Å²) in [5, 5.41) is 335. The second kappa shape index (κ2) is 37.9. The molecule has 50 atom stereocenters. The maximum Gasteiger partial charge on any atom is 0.187 e. The molecular formula is C60H100O50. The van der Waals surface area contributed by atoms with Crippen LogP contribution in [-0.4, -0.2) is 526 Å². The molecule has 0 aromatic rings. The maximum atomic E-state index is 12.1. The fourth-order valence-electron chi connectivity index (χ4n) is 14.7. The van der Waals surface area contributed by atoms with Crippen LogP contribution in [0.5, 0.6) is 0 Å². The molecule has 30 N–H and O–H groups in total. The molecule has 0 saturated carbocycles. The molecule has 50 nitrogen and oxygen atoms in total. The highest BCUT2D eigenvalue weighted by Crippen LogP contribution is 2.41. The maximum absolute atomic E-state index is 12.1. The van der Waals surface area contributed by atoms with E-state index in [1.807, 2.05) is 0 Å². The normalized spacial score (nSPS) is 55.1. The molecule has 0 aromatic carbocycles. The van der Waals surface area contributed by atoms with E-state index in [2.05, 4.69) is 0 Å². The summed E-state index contributed by atoms with van der Waals surface area (Å²) in [5.74, 6) is 0. The van der Waals surface area contributed by atoms with Crippen LogP contribution in [0.1, 0.15) is 0 Å². The lowest BCUT2D eigenvalue weighted by Gasteiger charge is -2.51. The van der Waals surface area contributed by atoms with Gasteiger partial charge in [0.1, 0.15) is 244 Å². The van der Waals surface area contributed by atoms with Gasteiger partial charge < -0.3 is 248 Å². The largest absolute Gasteiger partial charge is 0.394 e. The molecule has 2 unspecified atom stereocenters. The Kier molecular flexibility index (Phi) is 30.6. The van der Waals surface area contributed by atoms with Crippen LogP contribution in [0.15, 0.2) is 0 Å². The molecule has 0 aromatic heterocycles. The molecule has 110 heavy (non-hydrogen) atoms. The predicted octanol–water partition coefficient (Wildman–Crippen LogP) is -21.8. The van der Waals surface area contributed by atoms with Crippen LogP contribution in [0.4, 0.5) is 0 Å². The van der Waals surface area contributed by atoms with Gasteiger partial charge in [0.15, 0.2) is 62.9 Å². The van der Waals surface area contributed by atoms with E-state index in [-0.39, 0.29) is 0 Å². The lowest BCUT2D eigenvalue weighted by molar-refractivity contribution is -0.406. The van der Waals surface area contributed by atoms with Gasteiger partial charge in [-0.15, -0.1) is 0 Å². The molecule has 32 saturated heterocycles. The van der Waals surface area contributed by atoms with Crippen LogP contribution < -0.4 is 0 Å². The Hall–Kier alpha value is -2.00. The van der Waals surface area contributed by atoms with Crippen molar-refractivity contribution in [2.45, 2.75) is 307 Å². The van der Waals surface area contributed by atoms with E-state index in [9.17, 15) is 153 Å². The van der Waals surface area contributed by atoms with E-state index < -0.39 is 373 Å². The Morgan fingerprint density at radius 2 is 0.300 bits per heavy atom. The Bertz CT molecular complexity index is 2750.